The van der Waals surface area contributed by atoms with Crippen LogP contribution in [0.5, 0.6) is 5.75 Å². The van der Waals surface area contributed by atoms with Gasteiger partial charge >= 0.3 is 0 Å². The minimum atomic E-state index is -0.0526. The normalized spacial score (nSPS) is 16.6. The number of para-hydroxylation sites is 1. The van der Waals surface area contributed by atoms with Crippen molar-refractivity contribution in [3.63, 3.8) is 0 Å². The molecule has 1 fully saturated rings. The predicted octanol–water partition coefficient (Wildman–Crippen LogP) is 3.67. The van der Waals surface area contributed by atoms with E-state index in [0.29, 0.717) is 18.7 Å². The number of carbonyl (C=O) groups is 1. The van der Waals surface area contributed by atoms with E-state index in [2.05, 4.69) is 11.0 Å². The molecule has 0 saturated carbocycles. The molecule has 1 unspecified atom stereocenters. The van der Waals surface area contributed by atoms with Crippen LogP contribution >= 0.6 is 0 Å². The van der Waals surface area contributed by atoms with Crippen LogP contribution in [0.2, 0.25) is 0 Å². The van der Waals surface area contributed by atoms with Crippen LogP contribution in [0.1, 0.15) is 23.2 Å². The van der Waals surface area contributed by atoms with Gasteiger partial charge < -0.3 is 14.5 Å². The molecule has 0 radical (unpaired) electrons. The second kappa shape index (κ2) is 9.38. The van der Waals surface area contributed by atoms with Gasteiger partial charge in [-0.05, 0) is 50.7 Å². The largest absolute Gasteiger partial charge is 0.492 e. The smallest absolute Gasteiger partial charge is 0.253 e. The third-order valence-electron chi connectivity index (χ3n) is 5.02. The van der Waals surface area contributed by atoms with Crippen molar-refractivity contribution < 1.29 is 9.53 Å². The van der Waals surface area contributed by atoms with Crippen LogP contribution in [0.15, 0.2) is 48.5 Å². The van der Waals surface area contributed by atoms with Crippen molar-refractivity contribution in [2.45, 2.75) is 12.8 Å². The Balaban J connectivity index is 1.72. The highest BCUT2D eigenvalue weighted by atomic mass is 16.5. The van der Waals surface area contributed by atoms with Gasteiger partial charge in [0.05, 0.1) is 12.0 Å². The molecule has 3 rings (SSSR count). The fraction of sp³-hybridized carbons (Fsp3) is 0.391. The number of likely N-dealkylation sites (tertiary alicyclic amines) is 1. The molecule has 0 spiro atoms. The Bertz CT molecular complexity index is 840. The van der Waals surface area contributed by atoms with Crippen LogP contribution in [0, 0.1) is 17.2 Å². The van der Waals surface area contributed by atoms with Gasteiger partial charge in [0.2, 0.25) is 0 Å². The van der Waals surface area contributed by atoms with Crippen molar-refractivity contribution in [1.82, 2.24) is 9.80 Å². The Morgan fingerprint density at radius 3 is 2.68 bits per heavy atom. The number of hydrogen-bond acceptors (Lipinski definition) is 4. The fourth-order valence-corrected chi connectivity index (χ4v) is 3.41. The Hall–Kier alpha value is -2.84. The van der Waals surface area contributed by atoms with E-state index in [1.165, 1.54) is 0 Å². The third kappa shape index (κ3) is 4.90. The number of benzene rings is 2. The molecule has 1 aliphatic rings. The predicted molar refractivity (Wildman–Crippen MR) is 110 cm³/mol. The van der Waals surface area contributed by atoms with Gasteiger partial charge in [0, 0.05) is 30.8 Å². The highest BCUT2D eigenvalue weighted by Crippen LogP contribution is 2.30. The molecule has 2 aromatic rings. The first kappa shape index (κ1) is 19.9. The van der Waals surface area contributed by atoms with Gasteiger partial charge in [0.15, 0.2) is 0 Å². The Morgan fingerprint density at radius 2 is 1.96 bits per heavy atom. The number of likely N-dealkylation sites (N-methyl/N-ethyl adjacent to an activating group) is 1. The molecule has 1 atom stereocenters. The standard InChI is InChI=1S/C23H27N3O2/c1-25(2)14-15-28-22-8-4-3-7-21(22)19-9-11-20(12-10-19)23(27)26-13-5-6-18(16-24)17-26/h3-4,7-12,18H,5-6,13-15,17H2,1-2H3. The van der Waals surface area contributed by atoms with Crippen molar-refractivity contribution in [3.05, 3.63) is 54.1 Å². The van der Waals surface area contributed by atoms with Crippen molar-refractivity contribution in [2.75, 3.05) is 40.3 Å². The number of nitriles is 1. The van der Waals surface area contributed by atoms with E-state index >= 15 is 0 Å². The number of rotatable bonds is 6. The van der Waals surface area contributed by atoms with E-state index < -0.39 is 0 Å². The molecule has 28 heavy (non-hydrogen) atoms. The van der Waals surface area contributed by atoms with Gasteiger partial charge in [-0.1, -0.05) is 30.3 Å². The van der Waals surface area contributed by atoms with Gasteiger partial charge in [-0.2, -0.15) is 5.26 Å². The summed E-state index contributed by atoms with van der Waals surface area (Å²) >= 11 is 0. The molecule has 1 saturated heterocycles. The minimum absolute atomic E-state index is 0.00187. The molecule has 5 heteroatoms. The number of amides is 1. The molecule has 0 aliphatic carbocycles. The van der Waals surface area contributed by atoms with Gasteiger partial charge in [0.1, 0.15) is 12.4 Å². The summed E-state index contributed by atoms with van der Waals surface area (Å²) < 4.78 is 5.95. The second-order valence-electron chi connectivity index (χ2n) is 7.44. The third-order valence-corrected chi connectivity index (χ3v) is 5.02. The Labute approximate surface area is 167 Å². The van der Waals surface area contributed by atoms with E-state index in [1.807, 2.05) is 62.6 Å². The monoisotopic (exact) mass is 377 g/mol. The summed E-state index contributed by atoms with van der Waals surface area (Å²) in [5, 5.41) is 9.14. The first-order valence-corrected chi connectivity index (χ1v) is 9.74. The molecule has 1 heterocycles. The van der Waals surface area contributed by atoms with Crippen molar-refractivity contribution >= 4 is 5.91 Å². The van der Waals surface area contributed by atoms with Crippen LogP contribution in [0.3, 0.4) is 0 Å². The number of piperidine rings is 1. The molecule has 0 bridgehead atoms. The highest BCUT2D eigenvalue weighted by Gasteiger charge is 2.24. The van der Waals surface area contributed by atoms with E-state index in [4.69, 9.17) is 10.00 Å². The lowest BCUT2D eigenvalue weighted by atomic mass is 9.98. The molecule has 0 N–H and O–H groups in total. The van der Waals surface area contributed by atoms with Crippen LogP contribution < -0.4 is 4.74 Å². The topological polar surface area (TPSA) is 56.6 Å². The summed E-state index contributed by atoms with van der Waals surface area (Å²) in [6.45, 7) is 2.72. The summed E-state index contributed by atoms with van der Waals surface area (Å²) in [7, 11) is 4.04. The number of hydrogen-bond donors (Lipinski definition) is 0. The molecule has 1 amide bonds. The minimum Gasteiger partial charge on any atom is -0.492 e. The van der Waals surface area contributed by atoms with Crippen molar-refractivity contribution in [2.24, 2.45) is 5.92 Å². The Kier molecular flexibility index (Phi) is 6.67. The van der Waals surface area contributed by atoms with E-state index in [9.17, 15) is 4.79 Å². The van der Waals surface area contributed by atoms with Crippen LogP contribution in [-0.2, 0) is 0 Å². The summed E-state index contributed by atoms with van der Waals surface area (Å²) in [5.41, 5.74) is 2.70. The van der Waals surface area contributed by atoms with E-state index in [-0.39, 0.29) is 11.8 Å². The maximum atomic E-state index is 12.8. The average Bonchev–Trinajstić information content (AvgIpc) is 2.73. The SMILES string of the molecule is CN(C)CCOc1ccccc1-c1ccc(C(=O)N2CCCC(C#N)C2)cc1. The fourth-order valence-electron chi connectivity index (χ4n) is 3.41. The molecule has 0 aromatic heterocycles. The lowest BCUT2D eigenvalue weighted by Crippen LogP contribution is -2.39. The van der Waals surface area contributed by atoms with Gasteiger partial charge in [-0.25, -0.2) is 0 Å². The maximum absolute atomic E-state index is 12.8. The molecular weight excluding hydrogens is 350 g/mol. The lowest BCUT2D eigenvalue weighted by Gasteiger charge is -2.29. The Morgan fingerprint density at radius 1 is 1.21 bits per heavy atom. The zero-order valence-electron chi connectivity index (χ0n) is 16.6. The lowest BCUT2D eigenvalue weighted by molar-refractivity contribution is 0.0699. The average molecular weight is 377 g/mol. The van der Waals surface area contributed by atoms with Crippen molar-refractivity contribution in [1.29, 1.82) is 5.26 Å². The summed E-state index contributed by atoms with van der Waals surface area (Å²) in [6.07, 6.45) is 1.77. The zero-order valence-corrected chi connectivity index (χ0v) is 16.6. The van der Waals surface area contributed by atoms with Crippen LogP contribution in [0.25, 0.3) is 11.1 Å². The van der Waals surface area contributed by atoms with Gasteiger partial charge in [0.25, 0.3) is 5.91 Å². The molecule has 2 aromatic carbocycles. The summed E-state index contributed by atoms with van der Waals surface area (Å²) in [6, 6.07) is 17.9. The number of ether oxygens (including phenoxy) is 1. The quantitative estimate of drug-likeness (QED) is 0.771. The summed E-state index contributed by atoms with van der Waals surface area (Å²) in [4.78, 5) is 16.6. The number of nitrogens with zero attached hydrogens (tertiary/aromatic N) is 3. The highest BCUT2D eigenvalue weighted by molar-refractivity contribution is 5.95. The molecule has 146 valence electrons. The zero-order chi connectivity index (χ0) is 19.9. The first-order valence-electron chi connectivity index (χ1n) is 9.74. The summed E-state index contributed by atoms with van der Waals surface area (Å²) in [5.74, 6) is 0.793. The second-order valence-corrected chi connectivity index (χ2v) is 7.44. The number of carbonyl (C=O) groups excluding carboxylic acids is 1. The van der Waals surface area contributed by atoms with Gasteiger partial charge in [-0.15, -0.1) is 0 Å². The first-order chi connectivity index (χ1) is 13.6. The van der Waals surface area contributed by atoms with Gasteiger partial charge in [-0.3, -0.25) is 4.79 Å². The molecular formula is C23H27N3O2. The molecule has 1 aliphatic heterocycles. The van der Waals surface area contributed by atoms with Crippen molar-refractivity contribution in [3.8, 4) is 22.9 Å². The van der Waals surface area contributed by atoms with E-state index in [0.717, 1.165) is 42.8 Å². The van der Waals surface area contributed by atoms with Crippen LogP contribution in [0.4, 0.5) is 0 Å². The van der Waals surface area contributed by atoms with Crippen LogP contribution in [-0.4, -0.2) is 56.0 Å². The molecule has 5 nitrogen and oxygen atoms in total. The maximum Gasteiger partial charge on any atom is 0.253 e. The van der Waals surface area contributed by atoms with E-state index in [1.54, 1.807) is 4.90 Å².